The third-order valence-corrected chi connectivity index (χ3v) is 2.42. The van der Waals surface area contributed by atoms with Crippen LogP contribution in [-0.4, -0.2) is 12.2 Å². The van der Waals surface area contributed by atoms with Gasteiger partial charge in [-0.1, -0.05) is 19.3 Å². The van der Waals surface area contributed by atoms with E-state index < -0.39 is 6.17 Å². The van der Waals surface area contributed by atoms with Gasteiger partial charge in [0.05, 0.1) is 0 Å². The topological polar surface area (TPSA) is 26.0 Å². The van der Waals surface area contributed by atoms with Gasteiger partial charge in [-0.25, -0.2) is 4.39 Å². The van der Waals surface area contributed by atoms with Gasteiger partial charge in [-0.3, -0.25) is 0 Å². The minimum atomic E-state index is -0.833. The van der Waals surface area contributed by atoms with Crippen LogP contribution in [0.5, 0.6) is 0 Å². The summed E-state index contributed by atoms with van der Waals surface area (Å²) in [4.78, 5) is 0. The molecule has 2 atom stereocenters. The van der Waals surface area contributed by atoms with Gasteiger partial charge in [0.2, 0.25) is 0 Å². The average Bonchev–Trinajstić information content (AvgIpc) is 1.77. The summed E-state index contributed by atoms with van der Waals surface area (Å²) < 4.78 is 12.5. The van der Waals surface area contributed by atoms with Crippen molar-refractivity contribution in [1.29, 1.82) is 0 Å². The van der Waals surface area contributed by atoms with E-state index in [1.807, 2.05) is 0 Å². The Kier molecular flexibility index (Phi) is 2.66. The minimum Gasteiger partial charge on any atom is -0.325 e. The Hall–Kier alpha value is -0.110. The zero-order valence-electron chi connectivity index (χ0n) is 6.52. The van der Waals surface area contributed by atoms with Crippen LogP contribution >= 0.6 is 0 Å². The predicted octanol–water partition coefficient (Wildman–Crippen LogP) is 1.86. The Morgan fingerprint density at radius 1 is 1.60 bits per heavy atom. The molecule has 0 amide bonds. The molecule has 0 heterocycles. The molecule has 0 radical (unpaired) electrons. The number of rotatable bonds is 3. The zero-order chi connectivity index (χ0) is 7.56. The Morgan fingerprint density at radius 2 is 2.20 bits per heavy atom. The molecule has 2 unspecified atom stereocenters. The van der Waals surface area contributed by atoms with Crippen LogP contribution in [-0.2, 0) is 0 Å². The molecule has 0 spiro atoms. The van der Waals surface area contributed by atoms with Gasteiger partial charge < -0.3 is 5.73 Å². The molecule has 0 aromatic carbocycles. The largest absolute Gasteiger partial charge is 0.325 e. The molecule has 2 N–H and O–H groups in total. The molecule has 0 saturated heterocycles. The van der Waals surface area contributed by atoms with E-state index in [4.69, 9.17) is 5.73 Å². The second kappa shape index (κ2) is 3.33. The molecule has 60 valence electrons. The third-order valence-electron chi connectivity index (χ3n) is 2.42. The van der Waals surface area contributed by atoms with Crippen LogP contribution in [0, 0.1) is 5.92 Å². The molecule has 1 saturated carbocycles. The van der Waals surface area contributed by atoms with Crippen molar-refractivity contribution in [3.8, 4) is 0 Å². The molecule has 10 heavy (non-hydrogen) atoms. The van der Waals surface area contributed by atoms with Crippen molar-refractivity contribution in [2.45, 2.75) is 44.8 Å². The second-order valence-corrected chi connectivity index (χ2v) is 3.37. The Bertz CT molecular complexity index is 99.4. The molecule has 0 bridgehead atoms. The van der Waals surface area contributed by atoms with Crippen LogP contribution in [0.1, 0.15) is 32.6 Å². The van der Waals surface area contributed by atoms with Crippen LogP contribution in [0.4, 0.5) is 4.39 Å². The maximum Gasteiger partial charge on any atom is 0.112 e. The highest BCUT2D eigenvalue weighted by Gasteiger charge is 2.22. The van der Waals surface area contributed by atoms with Gasteiger partial charge in [0.1, 0.15) is 6.17 Å². The summed E-state index contributed by atoms with van der Waals surface area (Å²) in [6.45, 7) is 1.54. The quantitative estimate of drug-likeness (QED) is 0.644. The van der Waals surface area contributed by atoms with Crippen molar-refractivity contribution in [2.75, 3.05) is 0 Å². The number of hydrogen-bond acceptors (Lipinski definition) is 1. The monoisotopic (exact) mass is 145 g/mol. The minimum absolute atomic E-state index is 0.217. The van der Waals surface area contributed by atoms with Crippen molar-refractivity contribution < 1.29 is 4.39 Å². The molecule has 1 rings (SSSR count). The summed E-state index contributed by atoms with van der Waals surface area (Å²) in [6.07, 6.45) is 3.90. The van der Waals surface area contributed by atoms with E-state index in [9.17, 15) is 4.39 Å². The predicted molar refractivity (Wildman–Crippen MR) is 40.5 cm³/mol. The smallest absolute Gasteiger partial charge is 0.112 e. The molecular weight excluding hydrogens is 129 g/mol. The fraction of sp³-hybridized carbons (Fsp3) is 1.00. The van der Waals surface area contributed by atoms with Crippen molar-refractivity contribution >= 4 is 0 Å². The van der Waals surface area contributed by atoms with Crippen molar-refractivity contribution in [2.24, 2.45) is 11.7 Å². The number of hydrogen-bond donors (Lipinski definition) is 1. The van der Waals surface area contributed by atoms with Gasteiger partial charge >= 0.3 is 0 Å². The first-order chi connectivity index (χ1) is 4.70. The summed E-state index contributed by atoms with van der Waals surface area (Å²) in [5, 5.41) is 0. The maximum absolute atomic E-state index is 12.5. The van der Waals surface area contributed by atoms with Gasteiger partial charge in [-0.2, -0.15) is 0 Å². The lowest BCUT2D eigenvalue weighted by molar-refractivity contribution is 0.219. The number of halogens is 1. The first kappa shape index (κ1) is 7.99. The van der Waals surface area contributed by atoms with Crippen LogP contribution in [0.15, 0.2) is 0 Å². The summed E-state index contributed by atoms with van der Waals surface area (Å²) in [5.74, 6) is 0.730. The van der Waals surface area contributed by atoms with Gasteiger partial charge in [-0.15, -0.1) is 0 Å². The molecule has 1 aliphatic rings. The van der Waals surface area contributed by atoms with E-state index >= 15 is 0 Å². The van der Waals surface area contributed by atoms with E-state index in [0.29, 0.717) is 0 Å². The van der Waals surface area contributed by atoms with E-state index in [1.165, 1.54) is 19.3 Å². The zero-order valence-corrected chi connectivity index (χ0v) is 6.52. The molecule has 0 aromatic heterocycles. The lowest BCUT2D eigenvalue weighted by Gasteiger charge is -2.28. The third kappa shape index (κ3) is 1.94. The molecule has 0 aromatic rings. The summed E-state index contributed by atoms with van der Waals surface area (Å²) in [6, 6.07) is -0.217. The molecule has 1 aliphatic carbocycles. The Labute approximate surface area is 61.8 Å². The van der Waals surface area contributed by atoms with Crippen molar-refractivity contribution in [3.05, 3.63) is 0 Å². The standard InChI is InChI=1S/C8H16FN/c1-6(9)8(10)5-7-3-2-4-7/h6-8H,2-5,10H2,1H3. The van der Waals surface area contributed by atoms with Crippen LogP contribution in [0.3, 0.4) is 0 Å². The lowest BCUT2D eigenvalue weighted by Crippen LogP contribution is -2.33. The molecular formula is C8H16FN. The summed E-state index contributed by atoms with van der Waals surface area (Å²) >= 11 is 0. The molecule has 2 heteroatoms. The SMILES string of the molecule is CC(F)C(N)CC1CCC1. The Morgan fingerprint density at radius 3 is 2.50 bits per heavy atom. The summed E-state index contributed by atoms with van der Waals surface area (Å²) in [7, 11) is 0. The van der Waals surface area contributed by atoms with Gasteiger partial charge in [0.15, 0.2) is 0 Å². The van der Waals surface area contributed by atoms with E-state index in [-0.39, 0.29) is 6.04 Å². The first-order valence-electron chi connectivity index (χ1n) is 4.10. The number of nitrogens with two attached hydrogens (primary N) is 1. The van der Waals surface area contributed by atoms with Gasteiger partial charge in [0, 0.05) is 6.04 Å². The maximum atomic E-state index is 12.5. The van der Waals surface area contributed by atoms with E-state index in [1.54, 1.807) is 6.92 Å². The molecule has 1 fully saturated rings. The van der Waals surface area contributed by atoms with E-state index in [2.05, 4.69) is 0 Å². The van der Waals surface area contributed by atoms with Gasteiger partial charge in [-0.05, 0) is 19.3 Å². The first-order valence-corrected chi connectivity index (χ1v) is 4.10. The van der Waals surface area contributed by atoms with Crippen LogP contribution < -0.4 is 5.73 Å². The van der Waals surface area contributed by atoms with Crippen LogP contribution in [0.2, 0.25) is 0 Å². The fourth-order valence-electron chi connectivity index (χ4n) is 1.30. The van der Waals surface area contributed by atoms with Crippen molar-refractivity contribution in [1.82, 2.24) is 0 Å². The second-order valence-electron chi connectivity index (χ2n) is 3.37. The van der Waals surface area contributed by atoms with Gasteiger partial charge in [0.25, 0.3) is 0 Å². The normalized spacial score (nSPS) is 25.5. The fourth-order valence-corrected chi connectivity index (χ4v) is 1.30. The van der Waals surface area contributed by atoms with Crippen molar-refractivity contribution in [3.63, 3.8) is 0 Å². The number of alkyl halides is 1. The molecule has 1 nitrogen and oxygen atoms in total. The molecule has 0 aliphatic heterocycles. The highest BCUT2D eigenvalue weighted by molar-refractivity contribution is 4.77. The summed E-state index contributed by atoms with van der Waals surface area (Å²) in [5.41, 5.74) is 5.55. The Balaban J connectivity index is 2.10. The van der Waals surface area contributed by atoms with E-state index in [0.717, 1.165) is 12.3 Å². The highest BCUT2D eigenvalue weighted by Crippen LogP contribution is 2.30. The lowest BCUT2D eigenvalue weighted by atomic mass is 9.80. The average molecular weight is 145 g/mol. The van der Waals surface area contributed by atoms with Crippen LogP contribution in [0.25, 0.3) is 0 Å². The highest BCUT2D eigenvalue weighted by atomic mass is 19.1.